The monoisotopic (exact) mass is 363 g/mol. The maximum atomic E-state index is 12.6. The highest BCUT2D eigenvalue weighted by molar-refractivity contribution is 6.31. The minimum absolute atomic E-state index is 0.231. The van der Waals surface area contributed by atoms with Gasteiger partial charge in [0.05, 0.1) is 18.8 Å². The topological polar surface area (TPSA) is 64.6 Å². The molecule has 1 heterocycles. The number of hydrogen-bond donors (Lipinski definition) is 1. The van der Waals surface area contributed by atoms with E-state index < -0.39 is 23.8 Å². The van der Waals surface area contributed by atoms with Crippen LogP contribution in [0, 0.1) is 5.92 Å². The molecule has 0 aliphatic carbocycles. The van der Waals surface area contributed by atoms with Crippen LogP contribution in [0.4, 0.5) is 0 Å². The highest BCUT2D eigenvalue weighted by Gasteiger charge is 2.43. The second-order valence-corrected chi connectivity index (χ2v) is 6.05. The molecule has 0 aromatic heterocycles. The molecule has 1 aromatic carbocycles. The summed E-state index contributed by atoms with van der Waals surface area (Å²) < 4.78 is 10.4. The molecule has 25 heavy (non-hydrogen) atoms. The molecule has 0 bridgehead atoms. The summed E-state index contributed by atoms with van der Waals surface area (Å²) in [4.78, 5) is 25.2. The van der Waals surface area contributed by atoms with E-state index in [4.69, 9.17) is 21.1 Å². The fourth-order valence-electron chi connectivity index (χ4n) is 3.05. The van der Waals surface area contributed by atoms with Crippen LogP contribution in [-0.4, -0.2) is 25.2 Å². The maximum absolute atomic E-state index is 12.6. The summed E-state index contributed by atoms with van der Waals surface area (Å²) in [5, 5.41) is 3.48. The highest BCUT2D eigenvalue weighted by atomic mass is 35.5. The molecule has 0 saturated heterocycles. The molecule has 0 spiro atoms. The molecule has 6 heteroatoms. The van der Waals surface area contributed by atoms with Crippen LogP contribution in [0.15, 0.2) is 47.8 Å². The van der Waals surface area contributed by atoms with Crippen LogP contribution in [0.1, 0.15) is 32.3 Å². The Kier molecular flexibility index (Phi) is 6.26. The molecule has 1 aromatic rings. The summed E-state index contributed by atoms with van der Waals surface area (Å²) in [7, 11) is 0. The summed E-state index contributed by atoms with van der Waals surface area (Å²) in [5.41, 5.74) is 2.08. The lowest BCUT2D eigenvalue weighted by Crippen LogP contribution is -2.39. The molecule has 2 atom stereocenters. The van der Waals surface area contributed by atoms with E-state index in [1.54, 1.807) is 39.0 Å². The molecule has 0 radical (unpaired) electrons. The van der Waals surface area contributed by atoms with E-state index >= 15 is 0 Å². The Labute approximate surface area is 152 Å². The lowest BCUT2D eigenvalue weighted by molar-refractivity contribution is -0.147. The largest absolute Gasteiger partial charge is 0.465 e. The SMILES string of the molecule is C=C1NC(C)=C(C(=O)OCC)C(c2ccccc2Cl)C1C(=O)OCC. The first kappa shape index (κ1) is 19.1. The standard InChI is InChI=1S/C19H22ClNO4/c1-5-24-18(22)15-11(3)21-12(4)16(19(23)25-6-2)17(15)13-9-7-8-10-14(13)20/h7-10,15,17,21H,3,5-6H2,1-2,4H3. The second-order valence-electron chi connectivity index (χ2n) is 5.64. The average molecular weight is 364 g/mol. The van der Waals surface area contributed by atoms with Gasteiger partial charge < -0.3 is 14.8 Å². The van der Waals surface area contributed by atoms with Crippen molar-refractivity contribution in [1.29, 1.82) is 0 Å². The van der Waals surface area contributed by atoms with Crippen LogP contribution in [-0.2, 0) is 19.1 Å². The van der Waals surface area contributed by atoms with E-state index in [-0.39, 0.29) is 13.2 Å². The Bertz CT molecular complexity index is 726. The second kappa shape index (κ2) is 8.21. The van der Waals surface area contributed by atoms with Gasteiger partial charge in [0, 0.05) is 22.3 Å². The number of ether oxygens (including phenoxy) is 2. The summed E-state index contributed by atoms with van der Waals surface area (Å²) in [6, 6.07) is 7.13. The lowest BCUT2D eigenvalue weighted by Gasteiger charge is -2.35. The summed E-state index contributed by atoms with van der Waals surface area (Å²) in [6.07, 6.45) is 0. The number of benzene rings is 1. The third kappa shape index (κ3) is 3.87. The zero-order valence-corrected chi connectivity index (χ0v) is 15.4. The summed E-state index contributed by atoms with van der Waals surface area (Å²) in [5.74, 6) is -2.35. The normalized spacial score (nSPS) is 20.1. The molecule has 0 fully saturated rings. The first-order chi connectivity index (χ1) is 11.9. The van der Waals surface area contributed by atoms with Gasteiger partial charge in [0.25, 0.3) is 0 Å². The number of carbonyl (C=O) groups is 2. The summed E-state index contributed by atoms with van der Waals surface area (Å²) in [6.45, 7) is 9.63. The van der Waals surface area contributed by atoms with Crippen LogP contribution in [0.2, 0.25) is 5.02 Å². The van der Waals surface area contributed by atoms with Crippen molar-refractivity contribution in [3.05, 3.63) is 58.4 Å². The highest BCUT2D eigenvalue weighted by Crippen LogP contribution is 2.43. The van der Waals surface area contributed by atoms with E-state index in [1.807, 2.05) is 6.07 Å². The van der Waals surface area contributed by atoms with Gasteiger partial charge in [0.1, 0.15) is 5.92 Å². The molecule has 2 unspecified atom stereocenters. The van der Waals surface area contributed by atoms with Crippen LogP contribution in [0.5, 0.6) is 0 Å². The van der Waals surface area contributed by atoms with Crippen LogP contribution in [0.25, 0.3) is 0 Å². The number of esters is 2. The molecule has 0 saturated carbocycles. The lowest BCUT2D eigenvalue weighted by atomic mass is 9.75. The predicted molar refractivity (Wildman–Crippen MR) is 95.9 cm³/mol. The van der Waals surface area contributed by atoms with Gasteiger partial charge in [-0.1, -0.05) is 36.4 Å². The number of halogens is 1. The van der Waals surface area contributed by atoms with E-state index in [1.165, 1.54) is 0 Å². The van der Waals surface area contributed by atoms with E-state index in [0.29, 0.717) is 27.6 Å². The van der Waals surface area contributed by atoms with Crippen molar-refractivity contribution in [3.8, 4) is 0 Å². The number of nitrogens with one attached hydrogen (secondary N) is 1. The van der Waals surface area contributed by atoms with Gasteiger partial charge in [0.2, 0.25) is 0 Å². The van der Waals surface area contributed by atoms with E-state index in [0.717, 1.165) is 0 Å². The first-order valence-corrected chi connectivity index (χ1v) is 8.54. The Morgan fingerprint density at radius 3 is 2.44 bits per heavy atom. The zero-order valence-electron chi connectivity index (χ0n) is 14.6. The first-order valence-electron chi connectivity index (χ1n) is 8.17. The minimum atomic E-state index is -0.775. The molecular formula is C19H22ClNO4. The van der Waals surface area contributed by atoms with Gasteiger partial charge in [-0.25, -0.2) is 4.79 Å². The quantitative estimate of drug-likeness (QED) is 0.810. The average Bonchev–Trinajstić information content (AvgIpc) is 2.54. The molecule has 1 aliphatic heterocycles. The van der Waals surface area contributed by atoms with Gasteiger partial charge in [-0.3, -0.25) is 4.79 Å². The van der Waals surface area contributed by atoms with Crippen LogP contribution >= 0.6 is 11.6 Å². The Hall–Kier alpha value is -2.27. The Morgan fingerprint density at radius 2 is 1.84 bits per heavy atom. The molecule has 134 valence electrons. The third-order valence-electron chi connectivity index (χ3n) is 4.05. The van der Waals surface area contributed by atoms with Crippen molar-refractivity contribution < 1.29 is 19.1 Å². The fraction of sp³-hybridized carbons (Fsp3) is 0.368. The fourth-order valence-corrected chi connectivity index (χ4v) is 3.30. The summed E-state index contributed by atoms with van der Waals surface area (Å²) >= 11 is 6.37. The molecule has 1 aliphatic rings. The number of carbonyl (C=O) groups excluding carboxylic acids is 2. The van der Waals surface area contributed by atoms with E-state index in [9.17, 15) is 9.59 Å². The van der Waals surface area contributed by atoms with E-state index in [2.05, 4.69) is 11.9 Å². The minimum Gasteiger partial charge on any atom is -0.465 e. The Balaban J connectivity index is 2.64. The number of hydrogen-bond acceptors (Lipinski definition) is 5. The van der Waals surface area contributed by atoms with Gasteiger partial charge >= 0.3 is 11.9 Å². The van der Waals surface area contributed by atoms with Crippen molar-refractivity contribution in [1.82, 2.24) is 5.32 Å². The van der Waals surface area contributed by atoms with Gasteiger partial charge in [-0.15, -0.1) is 0 Å². The van der Waals surface area contributed by atoms with Gasteiger partial charge in [0.15, 0.2) is 0 Å². The smallest absolute Gasteiger partial charge is 0.336 e. The van der Waals surface area contributed by atoms with Crippen molar-refractivity contribution in [2.45, 2.75) is 26.7 Å². The van der Waals surface area contributed by atoms with Crippen LogP contribution < -0.4 is 5.32 Å². The Morgan fingerprint density at radius 1 is 1.20 bits per heavy atom. The third-order valence-corrected chi connectivity index (χ3v) is 4.39. The maximum Gasteiger partial charge on any atom is 0.336 e. The molecule has 2 rings (SSSR count). The van der Waals surface area contributed by atoms with Crippen molar-refractivity contribution >= 4 is 23.5 Å². The molecule has 0 amide bonds. The zero-order chi connectivity index (χ0) is 18.6. The van der Waals surface area contributed by atoms with Gasteiger partial charge in [-0.05, 0) is 32.4 Å². The number of allylic oxidation sites excluding steroid dienone is 1. The molecular weight excluding hydrogens is 342 g/mol. The van der Waals surface area contributed by atoms with Crippen LogP contribution in [0.3, 0.4) is 0 Å². The predicted octanol–water partition coefficient (Wildman–Crippen LogP) is 3.56. The molecule has 5 nitrogen and oxygen atoms in total. The van der Waals surface area contributed by atoms with Crippen molar-refractivity contribution in [3.63, 3.8) is 0 Å². The number of rotatable bonds is 5. The van der Waals surface area contributed by atoms with Crippen molar-refractivity contribution in [2.75, 3.05) is 13.2 Å². The van der Waals surface area contributed by atoms with Gasteiger partial charge in [-0.2, -0.15) is 0 Å². The molecule has 1 N–H and O–H groups in total. The van der Waals surface area contributed by atoms with Crippen molar-refractivity contribution in [2.24, 2.45) is 5.92 Å².